The molecule has 1 aromatic carbocycles. The van der Waals surface area contributed by atoms with Crippen molar-refractivity contribution in [2.24, 2.45) is 0 Å². The van der Waals surface area contributed by atoms with E-state index >= 15 is 0 Å². The molecule has 2 heterocycles. The van der Waals surface area contributed by atoms with Crippen molar-refractivity contribution in [1.82, 2.24) is 9.97 Å². The van der Waals surface area contributed by atoms with Crippen LogP contribution in [0.4, 0.5) is 0 Å². The number of ether oxygens (including phenoxy) is 2. The standard InChI is InChI=1S/C12H10N2O2/c1-8-13-5-4-10(14-8)9-2-3-11-12(6-9)16-7-15-11/h2-6H,7H2,1H3. The van der Waals surface area contributed by atoms with Crippen molar-refractivity contribution in [3.63, 3.8) is 0 Å². The molecule has 0 spiro atoms. The number of benzene rings is 1. The van der Waals surface area contributed by atoms with E-state index in [1.807, 2.05) is 31.2 Å². The topological polar surface area (TPSA) is 44.2 Å². The molecule has 4 nitrogen and oxygen atoms in total. The third-order valence-corrected chi connectivity index (χ3v) is 2.44. The van der Waals surface area contributed by atoms with Gasteiger partial charge in [-0.25, -0.2) is 9.97 Å². The van der Waals surface area contributed by atoms with Crippen LogP contribution in [0.25, 0.3) is 11.3 Å². The van der Waals surface area contributed by atoms with Gasteiger partial charge in [0.1, 0.15) is 5.82 Å². The largest absolute Gasteiger partial charge is 0.454 e. The van der Waals surface area contributed by atoms with Gasteiger partial charge in [-0.3, -0.25) is 0 Å². The van der Waals surface area contributed by atoms with Crippen LogP contribution in [0.1, 0.15) is 5.82 Å². The van der Waals surface area contributed by atoms with Gasteiger partial charge in [0.2, 0.25) is 6.79 Å². The third-order valence-electron chi connectivity index (χ3n) is 2.44. The number of rotatable bonds is 1. The summed E-state index contributed by atoms with van der Waals surface area (Å²) in [5.74, 6) is 2.32. The van der Waals surface area contributed by atoms with Crippen molar-refractivity contribution in [2.75, 3.05) is 6.79 Å². The van der Waals surface area contributed by atoms with Gasteiger partial charge in [-0.1, -0.05) is 0 Å². The first-order chi connectivity index (χ1) is 7.83. The molecule has 0 radical (unpaired) electrons. The average Bonchev–Trinajstić information content (AvgIpc) is 2.75. The van der Waals surface area contributed by atoms with E-state index in [2.05, 4.69) is 9.97 Å². The maximum Gasteiger partial charge on any atom is 0.231 e. The monoisotopic (exact) mass is 214 g/mol. The van der Waals surface area contributed by atoms with E-state index in [9.17, 15) is 0 Å². The summed E-state index contributed by atoms with van der Waals surface area (Å²) in [5.41, 5.74) is 1.90. The Bertz CT molecular complexity index is 540. The molecule has 0 amide bonds. The van der Waals surface area contributed by atoms with Gasteiger partial charge in [0, 0.05) is 11.8 Å². The molecule has 0 atom stereocenters. The van der Waals surface area contributed by atoms with Crippen LogP contribution in [-0.2, 0) is 0 Å². The first kappa shape index (κ1) is 9.15. The fourth-order valence-corrected chi connectivity index (χ4v) is 1.67. The molecule has 1 aromatic heterocycles. The van der Waals surface area contributed by atoms with E-state index in [1.165, 1.54) is 0 Å². The Balaban J connectivity index is 2.07. The molecular weight excluding hydrogens is 204 g/mol. The molecule has 0 bridgehead atoms. The minimum Gasteiger partial charge on any atom is -0.454 e. The molecule has 2 aromatic rings. The minimum atomic E-state index is 0.293. The van der Waals surface area contributed by atoms with Gasteiger partial charge in [-0.15, -0.1) is 0 Å². The summed E-state index contributed by atoms with van der Waals surface area (Å²) in [6.45, 7) is 2.16. The highest BCUT2D eigenvalue weighted by molar-refractivity contribution is 5.64. The molecule has 0 saturated carbocycles. The van der Waals surface area contributed by atoms with Crippen LogP contribution in [0, 0.1) is 6.92 Å². The second-order valence-electron chi connectivity index (χ2n) is 3.56. The summed E-state index contributed by atoms with van der Waals surface area (Å²) in [5, 5.41) is 0. The predicted molar refractivity (Wildman–Crippen MR) is 58.3 cm³/mol. The van der Waals surface area contributed by atoms with E-state index in [0.717, 1.165) is 28.6 Å². The molecular formula is C12H10N2O2. The molecule has 0 aliphatic carbocycles. The van der Waals surface area contributed by atoms with Gasteiger partial charge >= 0.3 is 0 Å². The fraction of sp³-hybridized carbons (Fsp3) is 0.167. The lowest BCUT2D eigenvalue weighted by molar-refractivity contribution is 0.174. The summed E-state index contributed by atoms with van der Waals surface area (Å²) in [4.78, 5) is 8.43. The van der Waals surface area contributed by atoms with Crippen molar-refractivity contribution in [2.45, 2.75) is 6.92 Å². The van der Waals surface area contributed by atoms with Gasteiger partial charge in [0.05, 0.1) is 5.69 Å². The number of nitrogens with zero attached hydrogens (tertiary/aromatic N) is 2. The Morgan fingerprint density at radius 1 is 1.12 bits per heavy atom. The molecule has 0 N–H and O–H groups in total. The van der Waals surface area contributed by atoms with Crippen LogP contribution in [0.3, 0.4) is 0 Å². The van der Waals surface area contributed by atoms with E-state index in [-0.39, 0.29) is 0 Å². The molecule has 1 aliphatic heterocycles. The number of aromatic nitrogens is 2. The normalized spacial score (nSPS) is 12.8. The molecule has 1 aliphatic rings. The Morgan fingerprint density at radius 2 is 2.00 bits per heavy atom. The average molecular weight is 214 g/mol. The quantitative estimate of drug-likeness (QED) is 0.729. The van der Waals surface area contributed by atoms with Crippen molar-refractivity contribution >= 4 is 0 Å². The van der Waals surface area contributed by atoms with Crippen LogP contribution in [0.5, 0.6) is 11.5 Å². The molecule has 0 unspecified atom stereocenters. The minimum absolute atomic E-state index is 0.293. The molecule has 0 fully saturated rings. The zero-order chi connectivity index (χ0) is 11.0. The van der Waals surface area contributed by atoms with Gasteiger partial charge < -0.3 is 9.47 Å². The molecule has 3 rings (SSSR count). The second kappa shape index (κ2) is 3.48. The van der Waals surface area contributed by atoms with Crippen LogP contribution in [0.2, 0.25) is 0 Å². The number of hydrogen-bond acceptors (Lipinski definition) is 4. The summed E-state index contributed by atoms with van der Waals surface area (Å²) in [7, 11) is 0. The van der Waals surface area contributed by atoms with Crippen LogP contribution in [-0.4, -0.2) is 16.8 Å². The van der Waals surface area contributed by atoms with Gasteiger partial charge in [-0.2, -0.15) is 0 Å². The lowest BCUT2D eigenvalue weighted by Gasteiger charge is -2.02. The molecule has 0 saturated heterocycles. The van der Waals surface area contributed by atoms with Crippen molar-refractivity contribution in [1.29, 1.82) is 0 Å². The third kappa shape index (κ3) is 1.48. The molecule has 80 valence electrons. The molecule has 16 heavy (non-hydrogen) atoms. The zero-order valence-electron chi connectivity index (χ0n) is 8.80. The van der Waals surface area contributed by atoms with E-state index < -0.39 is 0 Å². The summed E-state index contributed by atoms with van der Waals surface area (Å²) in [6, 6.07) is 7.68. The maximum atomic E-state index is 5.33. The Hall–Kier alpha value is -2.10. The highest BCUT2D eigenvalue weighted by Crippen LogP contribution is 2.35. The number of hydrogen-bond donors (Lipinski definition) is 0. The number of fused-ring (bicyclic) bond motifs is 1. The maximum absolute atomic E-state index is 5.33. The zero-order valence-corrected chi connectivity index (χ0v) is 8.80. The van der Waals surface area contributed by atoms with Crippen LogP contribution >= 0.6 is 0 Å². The Morgan fingerprint density at radius 3 is 2.88 bits per heavy atom. The van der Waals surface area contributed by atoms with Crippen molar-refractivity contribution < 1.29 is 9.47 Å². The van der Waals surface area contributed by atoms with Gasteiger partial charge in [0.25, 0.3) is 0 Å². The number of aryl methyl sites for hydroxylation is 1. The van der Waals surface area contributed by atoms with Crippen LogP contribution < -0.4 is 9.47 Å². The first-order valence-corrected chi connectivity index (χ1v) is 5.02. The summed E-state index contributed by atoms with van der Waals surface area (Å²) < 4.78 is 10.6. The first-order valence-electron chi connectivity index (χ1n) is 5.02. The van der Waals surface area contributed by atoms with Crippen molar-refractivity contribution in [3.05, 3.63) is 36.3 Å². The highest BCUT2D eigenvalue weighted by atomic mass is 16.7. The van der Waals surface area contributed by atoms with Gasteiger partial charge in [-0.05, 0) is 31.2 Å². The summed E-state index contributed by atoms with van der Waals surface area (Å²) in [6.07, 6.45) is 1.75. The lowest BCUT2D eigenvalue weighted by atomic mass is 10.1. The molecule has 4 heteroatoms. The van der Waals surface area contributed by atoms with Gasteiger partial charge in [0.15, 0.2) is 11.5 Å². The van der Waals surface area contributed by atoms with E-state index in [0.29, 0.717) is 6.79 Å². The predicted octanol–water partition coefficient (Wildman–Crippen LogP) is 2.18. The van der Waals surface area contributed by atoms with Crippen LogP contribution in [0.15, 0.2) is 30.5 Å². The highest BCUT2D eigenvalue weighted by Gasteiger charge is 2.14. The Kier molecular flexibility index (Phi) is 1.99. The smallest absolute Gasteiger partial charge is 0.231 e. The van der Waals surface area contributed by atoms with Crippen molar-refractivity contribution in [3.8, 4) is 22.8 Å². The fourth-order valence-electron chi connectivity index (χ4n) is 1.67. The summed E-state index contributed by atoms with van der Waals surface area (Å²) >= 11 is 0. The van der Waals surface area contributed by atoms with E-state index in [4.69, 9.17) is 9.47 Å². The van der Waals surface area contributed by atoms with E-state index in [1.54, 1.807) is 6.20 Å². The SMILES string of the molecule is Cc1nccc(-c2ccc3c(c2)OCO3)n1. The second-order valence-corrected chi connectivity index (χ2v) is 3.56. The lowest BCUT2D eigenvalue weighted by Crippen LogP contribution is -1.93. The Labute approximate surface area is 92.9 Å².